The summed E-state index contributed by atoms with van der Waals surface area (Å²) in [5, 5.41) is 4.58. The zero-order chi connectivity index (χ0) is 16.5. The number of allylic oxidation sites excluding steroid dienone is 5. The van der Waals surface area contributed by atoms with Crippen LogP contribution in [-0.4, -0.2) is 38.2 Å². The Labute approximate surface area is 120 Å². The molecule has 2 N–H and O–H groups in total. The molecule has 0 aromatic heterocycles. The molecule has 0 radical (unpaired) electrons. The van der Waals surface area contributed by atoms with E-state index in [0.29, 0.717) is 6.08 Å². The molecule has 0 unspecified atom stereocenters. The highest BCUT2D eigenvalue weighted by molar-refractivity contribution is 5.85. The topological polar surface area (TPSA) is 67.4 Å². The summed E-state index contributed by atoms with van der Waals surface area (Å²) < 4.78 is 42.1. The van der Waals surface area contributed by atoms with Crippen LogP contribution in [0.4, 0.5) is 13.2 Å². The van der Waals surface area contributed by atoms with Crippen LogP contribution in [0.2, 0.25) is 0 Å². The molecular weight excluding hydrogens is 289 g/mol. The van der Waals surface area contributed by atoms with Gasteiger partial charge in [0.2, 0.25) is 5.91 Å². The Balaban J connectivity index is 4.37. The van der Waals surface area contributed by atoms with E-state index in [9.17, 15) is 22.8 Å². The molecule has 0 rings (SSSR count). The van der Waals surface area contributed by atoms with E-state index >= 15 is 0 Å². The van der Waals surface area contributed by atoms with Crippen LogP contribution < -0.4 is 10.6 Å². The summed E-state index contributed by atoms with van der Waals surface area (Å²) in [4.78, 5) is 22.1. The van der Waals surface area contributed by atoms with Crippen molar-refractivity contribution in [1.29, 1.82) is 0 Å². The Kier molecular flexibility index (Phi) is 7.88. The number of halogens is 3. The first-order valence-corrected chi connectivity index (χ1v) is 5.89. The zero-order valence-electron chi connectivity index (χ0n) is 11.7. The van der Waals surface area contributed by atoms with E-state index in [0.717, 1.165) is 12.2 Å². The van der Waals surface area contributed by atoms with Crippen molar-refractivity contribution in [3.05, 3.63) is 36.1 Å². The lowest BCUT2D eigenvalue weighted by Gasteiger charge is -2.08. The SMILES string of the molecule is C=C/C(=C\C=C(/C)OCC(=O)NCC(=O)NC)C(F)(F)F. The monoisotopic (exact) mass is 306 g/mol. The van der Waals surface area contributed by atoms with Gasteiger partial charge in [-0.15, -0.1) is 0 Å². The maximum absolute atomic E-state index is 12.4. The second-order valence-electron chi connectivity index (χ2n) is 3.84. The van der Waals surface area contributed by atoms with E-state index in [4.69, 9.17) is 4.74 Å². The second kappa shape index (κ2) is 8.83. The maximum atomic E-state index is 12.4. The van der Waals surface area contributed by atoms with Crippen LogP contribution in [0.3, 0.4) is 0 Å². The van der Waals surface area contributed by atoms with Crippen molar-refractivity contribution in [3.8, 4) is 0 Å². The molecule has 2 amide bonds. The molecule has 0 saturated heterocycles. The van der Waals surface area contributed by atoms with Gasteiger partial charge in [0.15, 0.2) is 6.61 Å². The lowest BCUT2D eigenvalue weighted by Crippen LogP contribution is -2.36. The van der Waals surface area contributed by atoms with E-state index in [1.165, 1.54) is 14.0 Å². The van der Waals surface area contributed by atoms with E-state index < -0.39 is 24.3 Å². The number of carbonyl (C=O) groups is 2. The highest BCUT2D eigenvalue weighted by Crippen LogP contribution is 2.26. The molecule has 0 fully saturated rings. The molecule has 0 saturated carbocycles. The van der Waals surface area contributed by atoms with Crippen molar-refractivity contribution in [2.75, 3.05) is 20.2 Å². The predicted octanol–water partition coefficient (Wildman–Crippen LogP) is 1.44. The summed E-state index contributed by atoms with van der Waals surface area (Å²) in [6.07, 6.45) is -1.94. The Morgan fingerprint density at radius 3 is 2.33 bits per heavy atom. The van der Waals surface area contributed by atoms with Gasteiger partial charge in [0.1, 0.15) is 0 Å². The number of rotatable bonds is 7. The number of carbonyl (C=O) groups excluding carboxylic acids is 2. The van der Waals surface area contributed by atoms with E-state index in [1.807, 2.05) is 0 Å². The van der Waals surface area contributed by atoms with Crippen molar-refractivity contribution >= 4 is 11.8 Å². The normalized spacial score (nSPS) is 12.6. The van der Waals surface area contributed by atoms with Gasteiger partial charge in [-0.1, -0.05) is 12.7 Å². The molecule has 0 aromatic carbocycles. The minimum Gasteiger partial charge on any atom is -0.488 e. The first-order chi connectivity index (χ1) is 9.70. The number of alkyl halides is 3. The van der Waals surface area contributed by atoms with Crippen LogP contribution >= 0.6 is 0 Å². The van der Waals surface area contributed by atoms with Crippen LogP contribution in [0.15, 0.2) is 36.1 Å². The van der Waals surface area contributed by atoms with Crippen molar-refractivity contribution < 1.29 is 27.5 Å². The molecule has 0 spiro atoms. The van der Waals surface area contributed by atoms with E-state index in [1.54, 1.807) is 0 Å². The summed E-state index contributed by atoms with van der Waals surface area (Å²) in [5.41, 5.74) is -0.922. The van der Waals surface area contributed by atoms with Crippen LogP contribution in [-0.2, 0) is 14.3 Å². The molecule has 0 aliphatic rings. The van der Waals surface area contributed by atoms with Gasteiger partial charge < -0.3 is 15.4 Å². The fraction of sp³-hybridized carbons (Fsp3) is 0.385. The second-order valence-corrected chi connectivity index (χ2v) is 3.84. The molecule has 0 aromatic rings. The third kappa shape index (κ3) is 8.51. The molecule has 118 valence electrons. The summed E-state index contributed by atoms with van der Waals surface area (Å²) in [5.74, 6) is -0.817. The van der Waals surface area contributed by atoms with Gasteiger partial charge in [-0.25, -0.2) is 0 Å². The smallest absolute Gasteiger partial charge is 0.416 e. The van der Waals surface area contributed by atoms with Gasteiger partial charge in [0.25, 0.3) is 5.91 Å². The first-order valence-electron chi connectivity index (χ1n) is 5.89. The van der Waals surface area contributed by atoms with E-state index in [2.05, 4.69) is 17.2 Å². The lowest BCUT2D eigenvalue weighted by atomic mass is 10.2. The molecule has 0 heterocycles. The number of hydrogen-bond acceptors (Lipinski definition) is 3. The number of nitrogens with one attached hydrogen (secondary N) is 2. The molecule has 21 heavy (non-hydrogen) atoms. The van der Waals surface area contributed by atoms with E-state index in [-0.39, 0.29) is 18.2 Å². The summed E-state index contributed by atoms with van der Waals surface area (Å²) in [7, 11) is 1.42. The largest absolute Gasteiger partial charge is 0.488 e. The quantitative estimate of drug-likeness (QED) is 0.552. The minimum atomic E-state index is -4.50. The average molecular weight is 306 g/mol. The third-order valence-corrected chi connectivity index (χ3v) is 2.20. The van der Waals surface area contributed by atoms with Gasteiger partial charge in [-0.2, -0.15) is 13.2 Å². The molecule has 0 aliphatic heterocycles. The summed E-state index contributed by atoms with van der Waals surface area (Å²) in [6.45, 7) is 3.87. The predicted molar refractivity (Wildman–Crippen MR) is 71.1 cm³/mol. The molecule has 5 nitrogen and oxygen atoms in total. The highest BCUT2D eigenvalue weighted by Gasteiger charge is 2.30. The summed E-state index contributed by atoms with van der Waals surface area (Å²) >= 11 is 0. The van der Waals surface area contributed by atoms with Gasteiger partial charge in [0.05, 0.1) is 17.9 Å². The fourth-order valence-corrected chi connectivity index (χ4v) is 1.03. The Hall–Kier alpha value is -2.25. The fourth-order valence-electron chi connectivity index (χ4n) is 1.03. The average Bonchev–Trinajstić information content (AvgIpc) is 2.41. The Bertz CT molecular complexity index is 454. The van der Waals surface area contributed by atoms with Gasteiger partial charge in [-0.3, -0.25) is 9.59 Å². The van der Waals surface area contributed by atoms with Crippen LogP contribution in [0.1, 0.15) is 6.92 Å². The molecule has 0 atom stereocenters. The third-order valence-electron chi connectivity index (χ3n) is 2.20. The van der Waals surface area contributed by atoms with Gasteiger partial charge >= 0.3 is 6.18 Å². The lowest BCUT2D eigenvalue weighted by molar-refractivity contribution is -0.127. The molecule has 0 aliphatic carbocycles. The number of amides is 2. The molecule has 0 bridgehead atoms. The Morgan fingerprint density at radius 2 is 1.86 bits per heavy atom. The van der Waals surface area contributed by atoms with Crippen LogP contribution in [0.5, 0.6) is 0 Å². The Morgan fingerprint density at radius 1 is 1.24 bits per heavy atom. The first kappa shape index (κ1) is 18.8. The van der Waals surface area contributed by atoms with Crippen LogP contribution in [0, 0.1) is 0 Å². The van der Waals surface area contributed by atoms with Crippen molar-refractivity contribution in [3.63, 3.8) is 0 Å². The van der Waals surface area contributed by atoms with Gasteiger partial charge in [-0.05, 0) is 19.1 Å². The van der Waals surface area contributed by atoms with Gasteiger partial charge in [0, 0.05) is 7.05 Å². The van der Waals surface area contributed by atoms with Crippen LogP contribution in [0.25, 0.3) is 0 Å². The number of hydrogen-bond donors (Lipinski definition) is 2. The molecule has 8 heteroatoms. The number of ether oxygens (including phenoxy) is 1. The van der Waals surface area contributed by atoms with Crippen molar-refractivity contribution in [1.82, 2.24) is 10.6 Å². The minimum absolute atomic E-state index is 0.119. The number of likely N-dealkylation sites (N-methyl/N-ethyl adjacent to an activating group) is 1. The highest BCUT2D eigenvalue weighted by atomic mass is 19.4. The maximum Gasteiger partial charge on any atom is 0.416 e. The zero-order valence-corrected chi connectivity index (χ0v) is 11.7. The standard InChI is InChI=1S/C13H17F3N2O3/c1-4-10(13(14,15)16)6-5-9(2)21-8-12(20)18-7-11(19)17-3/h4-6H,1,7-8H2,2-3H3,(H,17,19)(H,18,20)/b9-5+,10-6+. The van der Waals surface area contributed by atoms with Crippen molar-refractivity contribution in [2.24, 2.45) is 0 Å². The van der Waals surface area contributed by atoms with Crippen molar-refractivity contribution in [2.45, 2.75) is 13.1 Å². The summed E-state index contributed by atoms with van der Waals surface area (Å²) in [6, 6.07) is 0. The molecular formula is C13H17F3N2O3.